The molecular formula is C18H28O5Si. The number of esters is 1. The first-order chi connectivity index (χ1) is 11.5. The Balaban J connectivity index is 2.72. The maximum absolute atomic E-state index is 11.2. The van der Waals surface area contributed by atoms with Crippen LogP contribution in [0.5, 0.6) is 0 Å². The number of hydrogen-bond donors (Lipinski definition) is 0. The van der Waals surface area contributed by atoms with Crippen molar-refractivity contribution in [3.63, 3.8) is 0 Å². The lowest BCUT2D eigenvalue weighted by Crippen LogP contribution is -2.49. The molecule has 0 heterocycles. The monoisotopic (exact) mass is 352 g/mol. The lowest BCUT2D eigenvalue weighted by atomic mass is 10.2. The number of ether oxygens (including phenoxy) is 1. The fourth-order valence-corrected chi connectivity index (χ4v) is 5.08. The standard InChI is InChI=1S/C18H28O5Si/c1-5-18(19)20-15-16(4)23-24(21-6-2,22-7-3)14-13-17-11-9-8-10-12-17/h5,8-12,16H,1,6-7,13-15H2,2-4H3. The molecule has 0 aliphatic carbocycles. The van der Waals surface area contributed by atoms with E-state index in [0.29, 0.717) is 19.3 Å². The van der Waals surface area contributed by atoms with Gasteiger partial charge in [0.25, 0.3) is 0 Å². The average molecular weight is 353 g/mol. The molecule has 0 aliphatic rings. The Kier molecular flexibility index (Phi) is 9.55. The molecule has 0 radical (unpaired) electrons. The quantitative estimate of drug-likeness (QED) is 0.328. The average Bonchev–Trinajstić information content (AvgIpc) is 2.59. The summed E-state index contributed by atoms with van der Waals surface area (Å²) in [6, 6.07) is 10.8. The number of benzene rings is 1. The summed E-state index contributed by atoms with van der Waals surface area (Å²) < 4.78 is 23.0. The van der Waals surface area contributed by atoms with Gasteiger partial charge in [-0.2, -0.15) is 0 Å². The smallest absolute Gasteiger partial charge is 0.460 e. The van der Waals surface area contributed by atoms with Crippen molar-refractivity contribution in [2.24, 2.45) is 0 Å². The third kappa shape index (κ3) is 7.40. The second kappa shape index (κ2) is 11.1. The van der Waals surface area contributed by atoms with Crippen molar-refractivity contribution in [3.05, 3.63) is 48.6 Å². The highest BCUT2D eigenvalue weighted by molar-refractivity contribution is 6.60. The largest absolute Gasteiger partial charge is 0.501 e. The van der Waals surface area contributed by atoms with Crippen LogP contribution in [0.1, 0.15) is 26.3 Å². The molecule has 0 fully saturated rings. The fraction of sp³-hybridized carbons (Fsp3) is 0.500. The van der Waals surface area contributed by atoms with Crippen molar-refractivity contribution in [1.82, 2.24) is 0 Å². The first-order valence-corrected chi connectivity index (χ1v) is 10.3. The van der Waals surface area contributed by atoms with Crippen LogP contribution in [-0.2, 0) is 29.2 Å². The third-order valence-electron chi connectivity index (χ3n) is 3.30. The van der Waals surface area contributed by atoms with Gasteiger partial charge in [0.2, 0.25) is 0 Å². The summed E-state index contributed by atoms with van der Waals surface area (Å²) in [5, 5.41) is 0. The van der Waals surface area contributed by atoms with Gasteiger partial charge in [0.15, 0.2) is 0 Å². The van der Waals surface area contributed by atoms with Crippen LogP contribution in [0.15, 0.2) is 43.0 Å². The molecule has 24 heavy (non-hydrogen) atoms. The van der Waals surface area contributed by atoms with Crippen molar-refractivity contribution >= 4 is 14.8 Å². The third-order valence-corrected chi connectivity index (χ3v) is 6.38. The second-order valence-electron chi connectivity index (χ2n) is 5.30. The molecule has 1 atom stereocenters. The van der Waals surface area contributed by atoms with E-state index in [1.165, 1.54) is 5.56 Å². The van der Waals surface area contributed by atoms with Crippen LogP contribution in [-0.4, -0.2) is 40.7 Å². The molecule has 1 aromatic carbocycles. The zero-order valence-electron chi connectivity index (χ0n) is 14.8. The highest BCUT2D eigenvalue weighted by Gasteiger charge is 2.42. The predicted molar refractivity (Wildman–Crippen MR) is 95.7 cm³/mol. The Morgan fingerprint density at radius 3 is 2.38 bits per heavy atom. The van der Waals surface area contributed by atoms with Gasteiger partial charge in [0.1, 0.15) is 6.61 Å². The van der Waals surface area contributed by atoms with E-state index in [4.69, 9.17) is 18.0 Å². The number of aryl methyl sites for hydroxylation is 1. The molecule has 0 aromatic heterocycles. The minimum absolute atomic E-state index is 0.144. The zero-order chi connectivity index (χ0) is 17.8. The molecule has 5 nitrogen and oxygen atoms in total. The fourth-order valence-electron chi connectivity index (χ4n) is 2.29. The Morgan fingerprint density at radius 1 is 1.21 bits per heavy atom. The van der Waals surface area contributed by atoms with Crippen molar-refractivity contribution in [3.8, 4) is 0 Å². The molecule has 134 valence electrons. The maximum Gasteiger partial charge on any atom is 0.501 e. The molecule has 0 N–H and O–H groups in total. The van der Waals surface area contributed by atoms with Gasteiger partial charge in [-0.3, -0.25) is 0 Å². The molecule has 0 saturated carbocycles. The minimum Gasteiger partial charge on any atom is -0.460 e. The number of hydrogen-bond acceptors (Lipinski definition) is 5. The Morgan fingerprint density at radius 2 is 1.83 bits per heavy atom. The van der Waals surface area contributed by atoms with E-state index in [-0.39, 0.29) is 12.7 Å². The normalized spacial score (nSPS) is 12.6. The Labute approximate surface area is 145 Å². The van der Waals surface area contributed by atoms with E-state index in [9.17, 15) is 4.79 Å². The van der Waals surface area contributed by atoms with Crippen LogP contribution < -0.4 is 0 Å². The number of carbonyl (C=O) groups is 1. The van der Waals surface area contributed by atoms with Crippen LogP contribution in [0.3, 0.4) is 0 Å². The first-order valence-electron chi connectivity index (χ1n) is 8.34. The molecule has 1 aromatic rings. The summed E-state index contributed by atoms with van der Waals surface area (Å²) in [6.07, 6.45) is 1.64. The Bertz CT molecular complexity index is 485. The van der Waals surface area contributed by atoms with Crippen LogP contribution in [0.25, 0.3) is 0 Å². The van der Waals surface area contributed by atoms with Gasteiger partial charge in [-0.05, 0) is 32.8 Å². The topological polar surface area (TPSA) is 54.0 Å². The van der Waals surface area contributed by atoms with Crippen molar-refractivity contribution in [1.29, 1.82) is 0 Å². The highest BCUT2D eigenvalue weighted by Crippen LogP contribution is 2.21. The summed E-state index contributed by atoms with van der Waals surface area (Å²) in [5.74, 6) is -0.463. The molecule has 0 spiro atoms. The van der Waals surface area contributed by atoms with Crippen molar-refractivity contribution < 1.29 is 22.8 Å². The molecule has 0 amide bonds. The van der Waals surface area contributed by atoms with Gasteiger partial charge >= 0.3 is 14.8 Å². The van der Waals surface area contributed by atoms with Crippen molar-refractivity contribution in [2.45, 2.75) is 39.3 Å². The number of carbonyl (C=O) groups excluding carboxylic acids is 1. The summed E-state index contributed by atoms with van der Waals surface area (Å²) in [6.45, 7) is 10.2. The summed E-state index contributed by atoms with van der Waals surface area (Å²) in [7, 11) is -2.84. The highest BCUT2D eigenvalue weighted by atomic mass is 28.4. The number of rotatable bonds is 12. The molecule has 6 heteroatoms. The van der Waals surface area contributed by atoms with E-state index in [2.05, 4.69) is 18.7 Å². The summed E-state index contributed by atoms with van der Waals surface area (Å²) >= 11 is 0. The summed E-state index contributed by atoms with van der Waals surface area (Å²) in [4.78, 5) is 11.2. The van der Waals surface area contributed by atoms with Crippen LogP contribution in [0.4, 0.5) is 0 Å². The molecule has 1 unspecified atom stereocenters. The van der Waals surface area contributed by atoms with E-state index in [1.807, 2.05) is 39.0 Å². The van der Waals surface area contributed by atoms with Gasteiger partial charge < -0.3 is 18.0 Å². The Hall–Kier alpha value is -1.47. The lowest BCUT2D eigenvalue weighted by Gasteiger charge is -2.31. The zero-order valence-corrected chi connectivity index (χ0v) is 15.8. The minimum atomic E-state index is -2.84. The van der Waals surface area contributed by atoms with Gasteiger partial charge in [0, 0.05) is 25.3 Å². The molecule has 0 saturated heterocycles. The van der Waals surface area contributed by atoms with E-state index >= 15 is 0 Å². The van der Waals surface area contributed by atoms with E-state index < -0.39 is 14.8 Å². The van der Waals surface area contributed by atoms with E-state index in [0.717, 1.165) is 12.5 Å². The van der Waals surface area contributed by atoms with Crippen LogP contribution in [0.2, 0.25) is 6.04 Å². The molecule has 0 aliphatic heterocycles. The van der Waals surface area contributed by atoms with Gasteiger partial charge in [-0.1, -0.05) is 36.9 Å². The predicted octanol–water partition coefficient (Wildman–Crippen LogP) is 3.38. The SMILES string of the molecule is C=CC(=O)OCC(C)O[Si](CCc1ccccc1)(OCC)OCC. The van der Waals surface area contributed by atoms with Gasteiger partial charge in [-0.15, -0.1) is 0 Å². The van der Waals surface area contributed by atoms with Crippen LogP contribution in [0, 0.1) is 0 Å². The van der Waals surface area contributed by atoms with Gasteiger partial charge in [-0.25, -0.2) is 4.79 Å². The van der Waals surface area contributed by atoms with Crippen LogP contribution >= 0.6 is 0 Å². The lowest BCUT2D eigenvalue weighted by molar-refractivity contribution is -0.140. The molecule has 1 rings (SSSR count). The molecule has 0 bridgehead atoms. The molecular weight excluding hydrogens is 324 g/mol. The summed E-state index contributed by atoms with van der Waals surface area (Å²) in [5.41, 5.74) is 1.21. The first kappa shape index (κ1) is 20.6. The van der Waals surface area contributed by atoms with Gasteiger partial charge in [0.05, 0.1) is 6.10 Å². The van der Waals surface area contributed by atoms with Crippen molar-refractivity contribution in [2.75, 3.05) is 19.8 Å². The second-order valence-corrected chi connectivity index (χ2v) is 7.98. The maximum atomic E-state index is 11.2. The van der Waals surface area contributed by atoms with E-state index in [1.54, 1.807) is 0 Å².